The number of hydrogen-bond acceptors (Lipinski definition) is 3. The zero-order valence-electron chi connectivity index (χ0n) is 13.2. The highest BCUT2D eigenvalue weighted by Gasteiger charge is 2.11. The molecule has 0 bridgehead atoms. The molecule has 2 rings (SSSR count). The Hall–Kier alpha value is -1.16. The lowest BCUT2D eigenvalue weighted by Crippen LogP contribution is -2.19. The average molecular weight is 307 g/mol. The van der Waals surface area contributed by atoms with E-state index in [0.29, 0.717) is 12.5 Å². The van der Waals surface area contributed by atoms with E-state index in [-0.39, 0.29) is 0 Å². The summed E-state index contributed by atoms with van der Waals surface area (Å²) in [5.74, 6) is 0.405. The molecule has 0 atom stereocenters. The second kappa shape index (κ2) is 7.21. The van der Waals surface area contributed by atoms with Crippen LogP contribution in [0.3, 0.4) is 0 Å². The van der Waals surface area contributed by atoms with Crippen LogP contribution in [-0.2, 0) is 11.3 Å². The Kier molecular flexibility index (Phi) is 5.57. The molecule has 0 unspecified atom stereocenters. The lowest BCUT2D eigenvalue weighted by atomic mass is 10.0. The van der Waals surface area contributed by atoms with Crippen LogP contribution in [0.1, 0.15) is 36.6 Å². The number of nitrogens with zero attached hydrogens (tertiary/aromatic N) is 1. The van der Waals surface area contributed by atoms with Gasteiger partial charge in [0.15, 0.2) is 0 Å². The van der Waals surface area contributed by atoms with Gasteiger partial charge in [-0.1, -0.05) is 25.4 Å². The molecule has 2 aromatic rings. The number of benzene rings is 1. The number of nitrogens with one attached hydrogen (secondary N) is 1. The van der Waals surface area contributed by atoms with Crippen molar-refractivity contribution in [3.05, 3.63) is 40.0 Å². The smallest absolute Gasteiger partial charge is 0.0738 e. The highest BCUT2D eigenvalue weighted by atomic mass is 35.5. The molecule has 4 heteroatoms. The van der Waals surface area contributed by atoms with E-state index < -0.39 is 0 Å². The van der Waals surface area contributed by atoms with E-state index in [9.17, 15) is 0 Å². The second-order valence-electron chi connectivity index (χ2n) is 5.65. The molecule has 1 heterocycles. The standard InChI is InChI=1S/C17H23ClN2O/c1-11(2)16-8-13(10-19-5-6-21-4)15-9-14(18)7-12(3)17(15)20-16/h7-9,11,19H,5-6,10H2,1-4H3. The van der Waals surface area contributed by atoms with Crippen molar-refractivity contribution in [1.82, 2.24) is 10.3 Å². The quantitative estimate of drug-likeness (QED) is 0.817. The van der Waals surface area contributed by atoms with Gasteiger partial charge in [-0.3, -0.25) is 4.98 Å². The third-order valence-electron chi connectivity index (χ3n) is 3.56. The van der Waals surface area contributed by atoms with Crippen LogP contribution < -0.4 is 5.32 Å². The van der Waals surface area contributed by atoms with Gasteiger partial charge in [0.25, 0.3) is 0 Å². The Morgan fingerprint density at radius 3 is 2.71 bits per heavy atom. The third kappa shape index (κ3) is 3.94. The normalized spacial score (nSPS) is 11.5. The molecule has 21 heavy (non-hydrogen) atoms. The van der Waals surface area contributed by atoms with Crippen LogP contribution in [0.25, 0.3) is 10.9 Å². The molecule has 0 radical (unpaired) electrons. The summed E-state index contributed by atoms with van der Waals surface area (Å²) >= 11 is 6.21. The number of aryl methyl sites for hydroxylation is 1. The van der Waals surface area contributed by atoms with Gasteiger partial charge in [-0.05, 0) is 42.2 Å². The van der Waals surface area contributed by atoms with Crippen LogP contribution in [0.5, 0.6) is 0 Å². The van der Waals surface area contributed by atoms with Crippen molar-refractivity contribution in [3.63, 3.8) is 0 Å². The lowest BCUT2D eigenvalue weighted by Gasteiger charge is -2.14. The maximum Gasteiger partial charge on any atom is 0.0738 e. The van der Waals surface area contributed by atoms with Gasteiger partial charge in [0.2, 0.25) is 0 Å². The lowest BCUT2D eigenvalue weighted by molar-refractivity contribution is 0.199. The SMILES string of the molecule is COCCNCc1cc(C(C)C)nc2c(C)cc(Cl)cc12. The molecule has 1 aromatic carbocycles. The Morgan fingerprint density at radius 2 is 2.05 bits per heavy atom. The molecule has 1 N–H and O–H groups in total. The summed E-state index contributed by atoms with van der Waals surface area (Å²) in [5, 5.41) is 5.30. The molecule has 0 fully saturated rings. The maximum absolute atomic E-state index is 6.21. The van der Waals surface area contributed by atoms with Crippen molar-refractivity contribution in [2.75, 3.05) is 20.3 Å². The van der Waals surface area contributed by atoms with Crippen molar-refractivity contribution < 1.29 is 4.74 Å². The Morgan fingerprint density at radius 1 is 1.29 bits per heavy atom. The van der Waals surface area contributed by atoms with E-state index in [1.807, 2.05) is 12.1 Å². The summed E-state index contributed by atoms with van der Waals surface area (Å²) < 4.78 is 5.07. The molecule has 3 nitrogen and oxygen atoms in total. The van der Waals surface area contributed by atoms with Crippen LogP contribution in [-0.4, -0.2) is 25.2 Å². The van der Waals surface area contributed by atoms with E-state index in [1.54, 1.807) is 7.11 Å². The minimum absolute atomic E-state index is 0.405. The number of methoxy groups -OCH3 is 1. The van der Waals surface area contributed by atoms with Crippen molar-refractivity contribution in [1.29, 1.82) is 0 Å². The van der Waals surface area contributed by atoms with Crippen LogP contribution in [0.15, 0.2) is 18.2 Å². The highest BCUT2D eigenvalue weighted by Crippen LogP contribution is 2.27. The van der Waals surface area contributed by atoms with Gasteiger partial charge in [-0.15, -0.1) is 0 Å². The summed E-state index contributed by atoms with van der Waals surface area (Å²) in [7, 11) is 1.71. The van der Waals surface area contributed by atoms with Crippen molar-refractivity contribution >= 4 is 22.5 Å². The molecular formula is C17H23ClN2O. The van der Waals surface area contributed by atoms with Crippen LogP contribution in [0, 0.1) is 6.92 Å². The minimum atomic E-state index is 0.405. The molecule has 0 saturated carbocycles. The number of hydrogen-bond donors (Lipinski definition) is 1. The maximum atomic E-state index is 6.21. The number of pyridine rings is 1. The Labute approximate surface area is 131 Å². The van der Waals surface area contributed by atoms with Gasteiger partial charge < -0.3 is 10.1 Å². The molecule has 0 spiro atoms. The van der Waals surface area contributed by atoms with E-state index >= 15 is 0 Å². The summed E-state index contributed by atoms with van der Waals surface area (Å²) in [4.78, 5) is 4.81. The molecular weight excluding hydrogens is 284 g/mol. The molecule has 0 saturated heterocycles. The van der Waals surface area contributed by atoms with Gasteiger partial charge in [0, 0.05) is 36.3 Å². The predicted octanol–water partition coefficient (Wildman–Crippen LogP) is 4.06. The fourth-order valence-electron chi connectivity index (χ4n) is 2.39. The van der Waals surface area contributed by atoms with E-state index in [0.717, 1.165) is 40.3 Å². The van der Waals surface area contributed by atoms with Gasteiger partial charge >= 0.3 is 0 Å². The molecule has 1 aromatic heterocycles. The van der Waals surface area contributed by atoms with Crippen LogP contribution in [0.4, 0.5) is 0 Å². The van der Waals surface area contributed by atoms with Gasteiger partial charge in [-0.25, -0.2) is 0 Å². The first kappa shape index (κ1) is 16.2. The zero-order valence-corrected chi connectivity index (χ0v) is 13.9. The molecule has 0 amide bonds. The Balaban J connectivity index is 2.44. The minimum Gasteiger partial charge on any atom is -0.383 e. The van der Waals surface area contributed by atoms with E-state index in [1.165, 1.54) is 5.56 Å². The van der Waals surface area contributed by atoms with Gasteiger partial charge in [0.1, 0.15) is 0 Å². The summed E-state index contributed by atoms with van der Waals surface area (Å²) in [6.45, 7) is 8.73. The summed E-state index contributed by atoms with van der Waals surface area (Å²) in [5.41, 5.74) is 4.54. The summed E-state index contributed by atoms with van der Waals surface area (Å²) in [6, 6.07) is 6.17. The zero-order chi connectivity index (χ0) is 15.4. The Bertz CT molecular complexity index is 626. The predicted molar refractivity (Wildman–Crippen MR) is 89.2 cm³/mol. The first-order chi connectivity index (χ1) is 10.0. The largest absolute Gasteiger partial charge is 0.383 e. The topological polar surface area (TPSA) is 34.1 Å². The first-order valence-corrected chi connectivity index (χ1v) is 7.70. The second-order valence-corrected chi connectivity index (χ2v) is 6.09. The van der Waals surface area contributed by atoms with Crippen molar-refractivity contribution in [2.24, 2.45) is 0 Å². The number of ether oxygens (including phenoxy) is 1. The number of halogens is 1. The molecule has 0 aliphatic heterocycles. The van der Waals surface area contributed by atoms with Gasteiger partial charge in [0.05, 0.1) is 12.1 Å². The van der Waals surface area contributed by atoms with Crippen LogP contribution >= 0.6 is 11.6 Å². The van der Waals surface area contributed by atoms with E-state index in [4.69, 9.17) is 21.3 Å². The summed E-state index contributed by atoms with van der Waals surface area (Å²) in [6.07, 6.45) is 0. The molecule has 114 valence electrons. The molecule has 0 aliphatic carbocycles. The fraction of sp³-hybridized carbons (Fsp3) is 0.471. The van der Waals surface area contributed by atoms with Crippen molar-refractivity contribution in [3.8, 4) is 0 Å². The third-order valence-corrected chi connectivity index (χ3v) is 3.78. The number of rotatable bonds is 6. The fourth-order valence-corrected chi connectivity index (χ4v) is 2.66. The number of fused-ring (bicyclic) bond motifs is 1. The average Bonchev–Trinajstić information content (AvgIpc) is 2.43. The highest BCUT2D eigenvalue weighted by molar-refractivity contribution is 6.31. The van der Waals surface area contributed by atoms with Crippen molar-refractivity contribution in [2.45, 2.75) is 33.2 Å². The first-order valence-electron chi connectivity index (χ1n) is 7.32. The van der Waals surface area contributed by atoms with Gasteiger partial charge in [-0.2, -0.15) is 0 Å². The number of aromatic nitrogens is 1. The monoisotopic (exact) mass is 306 g/mol. The van der Waals surface area contributed by atoms with E-state index in [2.05, 4.69) is 32.2 Å². The van der Waals surface area contributed by atoms with Crippen LogP contribution in [0.2, 0.25) is 5.02 Å². The molecule has 0 aliphatic rings.